The monoisotopic (exact) mass is 358 g/mol. The number of halogens is 1. The van der Waals surface area contributed by atoms with Crippen LogP contribution in [0.5, 0.6) is 11.5 Å². The van der Waals surface area contributed by atoms with E-state index < -0.39 is 11.6 Å². The largest absolute Gasteiger partial charge is 0.454 e. The number of benzene rings is 2. The molecule has 4 rings (SSSR count). The second-order valence-corrected chi connectivity index (χ2v) is 6.58. The molecule has 0 spiro atoms. The Morgan fingerprint density at radius 3 is 2.60 bits per heavy atom. The van der Waals surface area contributed by atoms with E-state index in [2.05, 4.69) is 5.32 Å². The molecule has 0 bridgehead atoms. The van der Waals surface area contributed by atoms with Crippen LogP contribution in [0.25, 0.3) is 0 Å². The van der Waals surface area contributed by atoms with Gasteiger partial charge in [0.05, 0.1) is 6.54 Å². The SMILES string of the molecule is C[C@@]1(c2ccc3c(c2)OCO3)NC(=O)N(Cc2ccc(Cl)cc2)C1=O. The summed E-state index contributed by atoms with van der Waals surface area (Å²) in [6.07, 6.45) is 0. The molecule has 1 N–H and O–H groups in total. The molecule has 0 unspecified atom stereocenters. The minimum absolute atomic E-state index is 0.151. The molecule has 0 radical (unpaired) electrons. The fraction of sp³-hybridized carbons (Fsp3) is 0.222. The number of imide groups is 1. The Morgan fingerprint density at radius 2 is 1.84 bits per heavy atom. The standard InChI is InChI=1S/C18H15ClN2O4/c1-18(12-4-7-14-15(8-12)25-10-24-14)16(22)21(17(23)20-18)9-11-2-5-13(19)6-3-11/h2-8H,9-10H2,1H3,(H,20,23)/t18-/m0/s1. The summed E-state index contributed by atoms with van der Waals surface area (Å²) in [6, 6.07) is 11.8. The third-order valence-corrected chi connectivity index (χ3v) is 4.73. The van der Waals surface area contributed by atoms with Gasteiger partial charge in [-0.3, -0.25) is 9.69 Å². The molecule has 2 aliphatic rings. The summed E-state index contributed by atoms with van der Waals surface area (Å²) in [6.45, 7) is 2.02. The van der Waals surface area contributed by atoms with Crippen molar-refractivity contribution in [3.63, 3.8) is 0 Å². The van der Waals surface area contributed by atoms with Gasteiger partial charge in [-0.15, -0.1) is 0 Å². The van der Waals surface area contributed by atoms with Gasteiger partial charge in [-0.2, -0.15) is 0 Å². The van der Waals surface area contributed by atoms with Crippen LogP contribution in [0.1, 0.15) is 18.1 Å². The molecule has 1 atom stereocenters. The summed E-state index contributed by atoms with van der Waals surface area (Å²) in [4.78, 5) is 26.5. The van der Waals surface area contributed by atoms with Crippen LogP contribution >= 0.6 is 11.6 Å². The predicted octanol–water partition coefficient (Wildman–Crippen LogP) is 3.04. The van der Waals surface area contributed by atoms with Crippen molar-refractivity contribution in [2.45, 2.75) is 19.0 Å². The van der Waals surface area contributed by atoms with Gasteiger partial charge in [-0.25, -0.2) is 4.79 Å². The summed E-state index contributed by atoms with van der Waals surface area (Å²) in [5, 5.41) is 3.39. The Labute approximate surface area is 149 Å². The average molecular weight is 359 g/mol. The highest BCUT2D eigenvalue weighted by Gasteiger charge is 2.49. The lowest BCUT2D eigenvalue weighted by molar-refractivity contribution is -0.131. The first-order valence-corrected chi connectivity index (χ1v) is 8.14. The molecule has 2 aromatic rings. The lowest BCUT2D eigenvalue weighted by Crippen LogP contribution is -2.40. The van der Waals surface area contributed by atoms with Crippen molar-refractivity contribution in [1.29, 1.82) is 0 Å². The Kier molecular flexibility index (Phi) is 3.58. The number of hydrogen-bond donors (Lipinski definition) is 1. The molecule has 0 aromatic heterocycles. The van der Waals surface area contributed by atoms with Crippen molar-refractivity contribution < 1.29 is 19.1 Å². The van der Waals surface area contributed by atoms with E-state index >= 15 is 0 Å². The summed E-state index contributed by atoms with van der Waals surface area (Å²) < 4.78 is 10.7. The zero-order chi connectivity index (χ0) is 17.6. The fourth-order valence-corrected chi connectivity index (χ4v) is 3.14. The van der Waals surface area contributed by atoms with Gasteiger partial charge in [0.25, 0.3) is 5.91 Å². The van der Waals surface area contributed by atoms with Gasteiger partial charge in [-0.1, -0.05) is 29.8 Å². The summed E-state index contributed by atoms with van der Waals surface area (Å²) in [7, 11) is 0. The molecule has 3 amide bonds. The first kappa shape index (κ1) is 15.8. The minimum Gasteiger partial charge on any atom is -0.454 e. The second kappa shape index (κ2) is 5.67. The second-order valence-electron chi connectivity index (χ2n) is 6.14. The van der Waals surface area contributed by atoms with Crippen LogP contribution in [0.4, 0.5) is 4.79 Å². The highest BCUT2D eigenvalue weighted by Crippen LogP contribution is 2.38. The van der Waals surface area contributed by atoms with Crippen LogP contribution in [0.3, 0.4) is 0 Å². The molecule has 6 nitrogen and oxygen atoms in total. The highest BCUT2D eigenvalue weighted by atomic mass is 35.5. The molecule has 7 heteroatoms. The number of carbonyl (C=O) groups is 2. The first-order valence-electron chi connectivity index (χ1n) is 7.76. The van der Waals surface area contributed by atoms with Gasteiger partial charge in [0.2, 0.25) is 6.79 Å². The molecule has 2 heterocycles. The molecule has 1 saturated heterocycles. The molecule has 128 valence electrons. The van der Waals surface area contributed by atoms with Crippen molar-refractivity contribution in [2.24, 2.45) is 0 Å². The first-order chi connectivity index (χ1) is 12.0. The summed E-state index contributed by atoms with van der Waals surface area (Å²) in [5.74, 6) is 0.880. The molecule has 1 fully saturated rings. The van der Waals surface area contributed by atoms with Crippen LogP contribution in [0.2, 0.25) is 5.02 Å². The lowest BCUT2D eigenvalue weighted by Gasteiger charge is -2.22. The summed E-state index contributed by atoms with van der Waals surface area (Å²) >= 11 is 5.88. The normalized spacial score (nSPS) is 21.6. The topological polar surface area (TPSA) is 67.9 Å². The number of fused-ring (bicyclic) bond motifs is 1. The van der Waals surface area contributed by atoms with Crippen LogP contribution in [0.15, 0.2) is 42.5 Å². The molecule has 2 aliphatic heterocycles. The smallest absolute Gasteiger partial charge is 0.325 e. The number of hydrogen-bond acceptors (Lipinski definition) is 4. The van der Waals surface area contributed by atoms with Gasteiger partial charge in [0.15, 0.2) is 11.5 Å². The van der Waals surface area contributed by atoms with Crippen molar-refractivity contribution in [2.75, 3.05) is 6.79 Å². The van der Waals surface area contributed by atoms with Gasteiger partial charge >= 0.3 is 6.03 Å². The van der Waals surface area contributed by atoms with Crippen LogP contribution in [-0.4, -0.2) is 23.6 Å². The number of nitrogens with one attached hydrogen (secondary N) is 1. The van der Waals surface area contributed by atoms with E-state index in [1.807, 2.05) is 0 Å². The fourth-order valence-electron chi connectivity index (χ4n) is 3.02. The predicted molar refractivity (Wildman–Crippen MR) is 90.5 cm³/mol. The third kappa shape index (κ3) is 2.59. The van der Waals surface area contributed by atoms with E-state index in [1.165, 1.54) is 4.90 Å². The molecular weight excluding hydrogens is 344 g/mol. The number of amides is 3. The minimum atomic E-state index is -1.15. The zero-order valence-electron chi connectivity index (χ0n) is 13.4. The lowest BCUT2D eigenvalue weighted by atomic mass is 9.91. The molecular formula is C18H15ClN2O4. The Balaban J connectivity index is 1.62. The van der Waals surface area contributed by atoms with E-state index in [1.54, 1.807) is 49.4 Å². The van der Waals surface area contributed by atoms with Gasteiger partial charge in [0, 0.05) is 5.02 Å². The maximum Gasteiger partial charge on any atom is 0.325 e. The maximum atomic E-state index is 13.0. The zero-order valence-corrected chi connectivity index (χ0v) is 14.2. The number of carbonyl (C=O) groups excluding carboxylic acids is 2. The van der Waals surface area contributed by atoms with E-state index in [9.17, 15) is 9.59 Å². The van der Waals surface area contributed by atoms with Crippen molar-refractivity contribution >= 4 is 23.5 Å². The third-order valence-electron chi connectivity index (χ3n) is 4.48. The van der Waals surface area contributed by atoms with Crippen molar-refractivity contribution in [3.05, 3.63) is 58.6 Å². The number of rotatable bonds is 3. The van der Waals surface area contributed by atoms with Gasteiger partial charge in [0.1, 0.15) is 5.54 Å². The quantitative estimate of drug-likeness (QED) is 0.856. The van der Waals surface area contributed by atoms with E-state index in [0.29, 0.717) is 22.1 Å². The van der Waals surface area contributed by atoms with E-state index in [0.717, 1.165) is 5.56 Å². The van der Waals surface area contributed by atoms with E-state index in [4.69, 9.17) is 21.1 Å². The van der Waals surface area contributed by atoms with Crippen molar-refractivity contribution in [3.8, 4) is 11.5 Å². The number of ether oxygens (including phenoxy) is 2. The molecule has 2 aromatic carbocycles. The summed E-state index contributed by atoms with van der Waals surface area (Å²) in [5.41, 5.74) is 0.321. The van der Waals surface area contributed by atoms with E-state index in [-0.39, 0.29) is 19.2 Å². The maximum absolute atomic E-state index is 13.0. The average Bonchev–Trinajstić information content (AvgIpc) is 3.15. The van der Waals surface area contributed by atoms with Gasteiger partial charge in [-0.05, 0) is 42.3 Å². The highest BCUT2D eigenvalue weighted by molar-refractivity contribution is 6.30. The molecule has 0 saturated carbocycles. The Bertz CT molecular complexity index is 868. The van der Waals surface area contributed by atoms with Crippen LogP contribution < -0.4 is 14.8 Å². The number of urea groups is 1. The molecule has 25 heavy (non-hydrogen) atoms. The Hall–Kier alpha value is -2.73. The van der Waals surface area contributed by atoms with Crippen molar-refractivity contribution in [1.82, 2.24) is 10.2 Å². The van der Waals surface area contributed by atoms with Gasteiger partial charge < -0.3 is 14.8 Å². The van der Waals surface area contributed by atoms with Crippen LogP contribution in [-0.2, 0) is 16.9 Å². The van der Waals surface area contributed by atoms with Crippen LogP contribution in [0, 0.1) is 0 Å². The molecule has 0 aliphatic carbocycles. The number of nitrogens with zero attached hydrogens (tertiary/aromatic N) is 1. The Morgan fingerprint density at radius 1 is 1.12 bits per heavy atom.